The van der Waals surface area contributed by atoms with Gasteiger partial charge < -0.3 is 30.4 Å². The maximum Gasteiger partial charge on any atom is 0.247 e. The number of aromatic nitrogens is 6. The number of anilines is 2. The van der Waals surface area contributed by atoms with Crippen molar-refractivity contribution >= 4 is 29.1 Å². The van der Waals surface area contributed by atoms with Crippen LogP contribution in [0.4, 0.5) is 11.8 Å². The number of benzene rings is 1. The second kappa shape index (κ2) is 8.55. The summed E-state index contributed by atoms with van der Waals surface area (Å²) in [6.45, 7) is -0.441. The van der Waals surface area contributed by atoms with Crippen LogP contribution in [0, 0.1) is 0 Å². The van der Waals surface area contributed by atoms with Crippen LogP contribution < -0.4 is 11.2 Å². The molecule has 33 heavy (non-hydrogen) atoms. The maximum atomic E-state index is 10.3. The van der Waals surface area contributed by atoms with Crippen LogP contribution in [0.1, 0.15) is 11.8 Å². The van der Waals surface area contributed by atoms with E-state index in [4.69, 9.17) is 10.5 Å². The number of aliphatic hydroxyl groups is 3. The van der Waals surface area contributed by atoms with E-state index in [0.717, 1.165) is 11.3 Å². The highest BCUT2D eigenvalue weighted by Gasteiger charge is 2.44. The maximum absolute atomic E-state index is 10.3. The van der Waals surface area contributed by atoms with Crippen LogP contribution >= 0.6 is 0 Å². The monoisotopic (exact) mass is 451 g/mol. The van der Waals surface area contributed by atoms with Crippen LogP contribution in [0.25, 0.3) is 16.9 Å². The zero-order valence-corrected chi connectivity index (χ0v) is 17.2. The lowest BCUT2D eigenvalue weighted by Crippen LogP contribution is -2.33. The molecule has 1 aromatic carbocycles. The lowest BCUT2D eigenvalue weighted by atomic mass is 10.1. The number of imidazole rings is 2. The van der Waals surface area contributed by atoms with Crippen LogP contribution in [0.15, 0.2) is 54.4 Å². The number of rotatable bonds is 6. The van der Waals surface area contributed by atoms with Gasteiger partial charge in [-0.2, -0.15) is 15.1 Å². The molecule has 0 aliphatic carbocycles. The first-order valence-corrected chi connectivity index (χ1v) is 10.0. The van der Waals surface area contributed by atoms with E-state index < -0.39 is 31.1 Å². The average Bonchev–Trinajstić information content (AvgIpc) is 3.55. The Kier molecular flexibility index (Phi) is 5.43. The van der Waals surface area contributed by atoms with Gasteiger partial charge in [0.25, 0.3) is 0 Å². The Morgan fingerprint density at radius 2 is 1.97 bits per heavy atom. The third-order valence-corrected chi connectivity index (χ3v) is 5.31. The summed E-state index contributed by atoms with van der Waals surface area (Å²) in [5.74, 6) is 0.215. The van der Waals surface area contributed by atoms with Gasteiger partial charge in [-0.3, -0.25) is 4.57 Å². The number of hydrogen-bond acceptors (Lipinski definition) is 11. The van der Waals surface area contributed by atoms with E-state index in [1.807, 2.05) is 35.0 Å². The first-order chi connectivity index (χ1) is 16.0. The molecule has 5 rings (SSSR count). The van der Waals surface area contributed by atoms with Crippen LogP contribution in [0.5, 0.6) is 0 Å². The fraction of sp³-hybridized carbons (Fsp3) is 0.250. The molecule has 1 fully saturated rings. The topological polar surface area (TPSA) is 182 Å². The van der Waals surface area contributed by atoms with E-state index in [-0.39, 0.29) is 17.4 Å². The molecule has 0 bridgehead atoms. The number of nitrogen functional groups attached to an aromatic ring is 1. The molecule has 0 spiro atoms. The summed E-state index contributed by atoms with van der Waals surface area (Å²) in [7, 11) is 0. The number of nitrogens with one attached hydrogen (secondary N) is 1. The highest BCUT2D eigenvalue weighted by Crippen LogP contribution is 2.32. The minimum Gasteiger partial charge on any atom is -0.394 e. The molecule has 1 aliphatic heterocycles. The van der Waals surface area contributed by atoms with Crippen molar-refractivity contribution in [3.63, 3.8) is 0 Å². The van der Waals surface area contributed by atoms with Gasteiger partial charge in [-0.25, -0.2) is 15.4 Å². The van der Waals surface area contributed by atoms with E-state index in [9.17, 15) is 15.3 Å². The van der Waals surface area contributed by atoms with Crippen molar-refractivity contribution < 1.29 is 20.1 Å². The summed E-state index contributed by atoms with van der Waals surface area (Å²) >= 11 is 0. The lowest BCUT2D eigenvalue weighted by Gasteiger charge is -2.16. The molecule has 0 radical (unpaired) electrons. The Morgan fingerprint density at radius 3 is 2.67 bits per heavy atom. The predicted molar refractivity (Wildman–Crippen MR) is 118 cm³/mol. The van der Waals surface area contributed by atoms with Crippen molar-refractivity contribution in [3.05, 3.63) is 54.9 Å². The molecule has 13 nitrogen and oxygen atoms in total. The molecule has 4 heterocycles. The fourth-order valence-electron chi connectivity index (χ4n) is 3.59. The van der Waals surface area contributed by atoms with Gasteiger partial charge in [0, 0.05) is 18.1 Å². The van der Waals surface area contributed by atoms with Gasteiger partial charge in [-0.15, -0.1) is 0 Å². The molecule has 6 N–H and O–H groups in total. The smallest absolute Gasteiger partial charge is 0.247 e. The van der Waals surface area contributed by atoms with Gasteiger partial charge in [0.1, 0.15) is 23.8 Å². The number of nitrogens with zero attached hydrogens (tertiary/aromatic N) is 7. The van der Waals surface area contributed by atoms with Gasteiger partial charge in [0.05, 0.1) is 25.5 Å². The Morgan fingerprint density at radius 1 is 1.15 bits per heavy atom. The molecule has 0 unspecified atom stereocenters. The third-order valence-electron chi connectivity index (χ3n) is 5.31. The van der Waals surface area contributed by atoms with Crippen LogP contribution in [-0.2, 0) is 4.74 Å². The van der Waals surface area contributed by atoms with Gasteiger partial charge >= 0.3 is 0 Å². The van der Waals surface area contributed by atoms with Gasteiger partial charge in [-0.1, -0.05) is 12.1 Å². The fourth-order valence-corrected chi connectivity index (χ4v) is 3.59. The largest absolute Gasteiger partial charge is 0.394 e. The Bertz CT molecular complexity index is 1270. The summed E-state index contributed by atoms with van der Waals surface area (Å²) in [4.78, 5) is 16.7. The van der Waals surface area contributed by atoms with E-state index in [1.54, 1.807) is 18.7 Å². The van der Waals surface area contributed by atoms with Crippen molar-refractivity contribution in [1.82, 2.24) is 29.1 Å². The molecule has 4 aromatic rings. The number of ether oxygens (including phenoxy) is 1. The number of hydrazone groups is 1. The Labute approximate surface area is 186 Å². The number of nitrogens with two attached hydrogens (primary N) is 1. The Balaban J connectivity index is 1.35. The zero-order chi connectivity index (χ0) is 22.9. The molecule has 1 saturated heterocycles. The van der Waals surface area contributed by atoms with Crippen LogP contribution in [0.3, 0.4) is 0 Å². The van der Waals surface area contributed by atoms with Crippen LogP contribution in [-0.4, -0.2) is 75.5 Å². The predicted octanol–water partition coefficient (Wildman–Crippen LogP) is -0.348. The van der Waals surface area contributed by atoms with E-state index in [0.29, 0.717) is 5.52 Å². The average molecular weight is 451 g/mol. The van der Waals surface area contributed by atoms with Crippen molar-refractivity contribution in [2.75, 3.05) is 17.8 Å². The van der Waals surface area contributed by atoms with Crippen LogP contribution in [0.2, 0.25) is 0 Å². The van der Waals surface area contributed by atoms with E-state index in [2.05, 4.69) is 30.5 Å². The van der Waals surface area contributed by atoms with E-state index in [1.165, 1.54) is 10.9 Å². The minimum atomic E-state index is -1.28. The number of aliphatic hydroxyl groups excluding tert-OH is 3. The quantitative estimate of drug-likeness (QED) is 0.192. The SMILES string of the molecule is Nc1nc(NN=Cc2ccc(-n3ccnc3)cc2)nc2c1ncn2[C@@H]1O[C@H](CO)[C@@H](O)[C@H]1O. The molecular formula is C20H21N9O4. The number of fused-ring (bicyclic) bond motifs is 1. The summed E-state index contributed by atoms with van der Waals surface area (Å²) in [6, 6.07) is 7.66. The molecule has 13 heteroatoms. The summed E-state index contributed by atoms with van der Waals surface area (Å²) in [6.07, 6.45) is 3.80. The molecule has 170 valence electrons. The summed E-state index contributed by atoms with van der Waals surface area (Å²) in [5, 5.41) is 33.9. The molecule has 0 amide bonds. The van der Waals surface area contributed by atoms with Gasteiger partial charge in [0.15, 0.2) is 17.7 Å². The summed E-state index contributed by atoms with van der Waals surface area (Å²) < 4.78 is 8.88. The zero-order valence-electron chi connectivity index (χ0n) is 17.2. The minimum absolute atomic E-state index is 0.105. The van der Waals surface area contributed by atoms with E-state index >= 15 is 0 Å². The van der Waals surface area contributed by atoms with Gasteiger partial charge in [-0.05, 0) is 17.7 Å². The van der Waals surface area contributed by atoms with Crippen molar-refractivity contribution in [1.29, 1.82) is 0 Å². The number of hydrogen-bond donors (Lipinski definition) is 5. The molecule has 1 aliphatic rings. The molecule has 4 atom stereocenters. The second-order valence-corrected chi connectivity index (χ2v) is 7.42. The standard InChI is InChI=1S/C20H21N9O4/c21-17-14-18(29(10-23-14)19-16(32)15(31)13(8-30)33-19)26-20(25-17)27-24-7-11-1-3-12(4-2-11)28-6-5-22-9-28/h1-7,9-10,13,15-16,19,30-32H,8H2,(H3,21,25,26,27)/t13-,15-,16-,19-/m1/s1. The van der Waals surface area contributed by atoms with Crippen molar-refractivity contribution in [3.8, 4) is 5.69 Å². The summed E-state index contributed by atoms with van der Waals surface area (Å²) in [5.41, 5.74) is 11.1. The molecular weight excluding hydrogens is 430 g/mol. The third kappa shape index (κ3) is 3.89. The highest BCUT2D eigenvalue weighted by atomic mass is 16.6. The first kappa shape index (κ1) is 21.0. The molecule has 0 saturated carbocycles. The normalized spacial score (nSPS) is 23.0. The highest BCUT2D eigenvalue weighted by molar-refractivity contribution is 5.83. The lowest BCUT2D eigenvalue weighted by molar-refractivity contribution is -0.0511. The van der Waals surface area contributed by atoms with Gasteiger partial charge in [0.2, 0.25) is 5.95 Å². The molecule has 3 aromatic heterocycles. The second-order valence-electron chi connectivity index (χ2n) is 7.42. The van der Waals surface area contributed by atoms with Crippen molar-refractivity contribution in [2.45, 2.75) is 24.5 Å². The Hall–Kier alpha value is -3.91. The van der Waals surface area contributed by atoms with Crippen molar-refractivity contribution in [2.24, 2.45) is 5.10 Å². The first-order valence-electron chi connectivity index (χ1n) is 10.0.